The number of phenols is 1. The molecule has 0 saturated carbocycles. The Morgan fingerprint density at radius 3 is 2.63 bits per heavy atom. The van der Waals surface area contributed by atoms with Gasteiger partial charge in [0.15, 0.2) is 0 Å². The summed E-state index contributed by atoms with van der Waals surface area (Å²) in [5, 5.41) is 19.1. The molecule has 0 aliphatic carbocycles. The summed E-state index contributed by atoms with van der Waals surface area (Å²) in [4.78, 5) is 24.8. The molecule has 2 atom stereocenters. The summed E-state index contributed by atoms with van der Waals surface area (Å²) in [5.74, 6) is -2.02. The molecular formula is C13H14ClNO4. The number of nitrogens with zero attached hydrogens (tertiary/aromatic N) is 1. The van der Waals surface area contributed by atoms with E-state index in [1.807, 2.05) is 0 Å². The molecular weight excluding hydrogens is 270 g/mol. The van der Waals surface area contributed by atoms with Crippen molar-refractivity contribution in [2.24, 2.45) is 5.92 Å². The van der Waals surface area contributed by atoms with Crippen molar-refractivity contribution >= 4 is 23.5 Å². The van der Waals surface area contributed by atoms with Gasteiger partial charge in [0, 0.05) is 17.6 Å². The van der Waals surface area contributed by atoms with Crippen LogP contribution in [-0.4, -0.2) is 39.6 Å². The lowest BCUT2D eigenvalue weighted by molar-refractivity contribution is -0.142. The number of carbonyl (C=O) groups excluding carboxylic acids is 1. The number of rotatable bonds is 2. The lowest BCUT2D eigenvalue weighted by Gasteiger charge is -2.23. The SMILES string of the molecule is CC1C(C(=O)O)CCN1C(=O)c1ccc(Cl)cc1O. The van der Waals surface area contributed by atoms with Gasteiger partial charge in [0.25, 0.3) is 5.91 Å². The van der Waals surface area contributed by atoms with Crippen LogP contribution in [0.25, 0.3) is 0 Å². The normalized spacial score (nSPS) is 22.5. The zero-order valence-electron chi connectivity index (χ0n) is 10.3. The van der Waals surface area contributed by atoms with Gasteiger partial charge in [0.2, 0.25) is 0 Å². The molecule has 1 saturated heterocycles. The number of halogens is 1. The number of aliphatic carboxylic acids is 1. The molecule has 1 aromatic carbocycles. The summed E-state index contributed by atoms with van der Waals surface area (Å²) in [6.07, 6.45) is 0.427. The molecule has 1 fully saturated rings. The van der Waals surface area contributed by atoms with Gasteiger partial charge in [-0.3, -0.25) is 9.59 Å². The topological polar surface area (TPSA) is 77.8 Å². The van der Waals surface area contributed by atoms with Crippen molar-refractivity contribution < 1.29 is 19.8 Å². The minimum Gasteiger partial charge on any atom is -0.507 e. The summed E-state index contributed by atoms with van der Waals surface area (Å²) < 4.78 is 0. The molecule has 19 heavy (non-hydrogen) atoms. The molecule has 6 heteroatoms. The first-order valence-electron chi connectivity index (χ1n) is 5.94. The lowest BCUT2D eigenvalue weighted by Crippen LogP contribution is -2.37. The van der Waals surface area contributed by atoms with Crippen molar-refractivity contribution in [2.75, 3.05) is 6.54 Å². The van der Waals surface area contributed by atoms with Crippen LogP contribution in [0.2, 0.25) is 5.02 Å². The van der Waals surface area contributed by atoms with E-state index in [9.17, 15) is 14.7 Å². The number of carbonyl (C=O) groups is 2. The molecule has 0 spiro atoms. The van der Waals surface area contributed by atoms with Gasteiger partial charge in [-0.05, 0) is 31.5 Å². The molecule has 0 bridgehead atoms. The molecule has 0 aromatic heterocycles. The first-order chi connectivity index (χ1) is 8.91. The number of hydrogen-bond acceptors (Lipinski definition) is 3. The van der Waals surface area contributed by atoms with E-state index in [0.717, 1.165) is 0 Å². The highest BCUT2D eigenvalue weighted by Crippen LogP contribution is 2.29. The zero-order valence-corrected chi connectivity index (χ0v) is 11.1. The van der Waals surface area contributed by atoms with Crippen LogP contribution in [0.15, 0.2) is 18.2 Å². The van der Waals surface area contributed by atoms with Crippen molar-refractivity contribution in [3.05, 3.63) is 28.8 Å². The van der Waals surface area contributed by atoms with Crippen LogP contribution in [0, 0.1) is 5.92 Å². The summed E-state index contributed by atoms with van der Waals surface area (Å²) in [6.45, 7) is 2.08. The maximum atomic E-state index is 12.3. The Labute approximate surface area is 115 Å². The van der Waals surface area contributed by atoms with E-state index in [1.165, 1.54) is 23.1 Å². The second-order valence-corrected chi connectivity index (χ2v) is 5.07. The molecule has 2 unspecified atom stereocenters. The molecule has 102 valence electrons. The Morgan fingerprint density at radius 1 is 1.42 bits per heavy atom. The van der Waals surface area contributed by atoms with Crippen molar-refractivity contribution in [3.8, 4) is 5.75 Å². The monoisotopic (exact) mass is 283 g/mol. The standard InChI is InChI=1S/C13H14ClNO4/c1-7-9(13(18)19)4-5-15(7)12(17)10-3-2-8(14)6-11(10)16/h2-3,6-7,9,16H,4-5H2,1H3,(H,18,19). The predicted octanol–water partition coefficient (Wildman–Crippen LogP) is 1.98. The summed E-state index contributed by atoms with van der Waals surface area (Å²) in [5.41, 5.74) is 0.141. The van der Waals surface area contributed by atoms with Gasteiger partial charge in [-0.25, -0.2) is 0 Å². The third-order valence-corrected chi connectivity index (χ3v) is 3.76. The maximum Gasteiger partial charge on any atom is 0.308 e. The zero-order chi connectivity index (χ0) is 14.2. The van der Waals surface area contributed by atoms with Gasteiger partial charge < -0.3 is 15.1 Å². The van der Waals surface area contributed by atoms with Gasteiger partial charge in [-0.2, -0.15) is 0 Å². The van der Waals surface area contributed by atoms with Crippen LogP contribution in [0.3, 0.4) is 0 Å². The number of hydrogen-bond donors (Lipinski definition) is 2. The molecule has 2 N–H and O–H groups in total. The molecule has 2 rings (SSSR count). The minimum absolute atomic E-state index is 0.141. The number of aromatic hydroxyl groups is 1. The fourth-order valence-electron chi connectivity index (χ4n) is 2.40. The van der Waals surface area contributed by atoms with E-state index in [-0.39, 0.29) is 23.3 Å². The molecule has 1 heterocycles. The quantitative estimate of drug-likeness (QED) is 0.870. The van der Waals surface area contributed by atoms with Crippen LogP contribution in [0.1, 0.15) is 23.7 Å². The van der Waals surface area contributed by atoms with Crippen molar-refractivity contribution in [1.82, 2.24) is 4.90 Å². The van der Waals surface area contributed by atoms with Crippen molar-refractivity contribution in [2.45, 2.75) is 19.4 Å². The van der Waals surface area contributed by atoms with Crippen molar-refractivity contribution in [3.63, 3.8) is 0 Å². The number of phenolic OH excluding ortho intramolecular Hbond substituents is 1. The Balaban J connectivity index is 2.23. The Bertz CT molecular complexity index is 531. The number of amides is 1. The maximum absolute atomic E-state index is 12.3. The number of carboxylic acids is 1. The highest BCUT2D eigenvalue weighted by molar-refractivity contribution is 6.30. The molecule has 1 aliphatic rings. The van der Waals surface area contributed by atoms with Gasteiger partial charge in [-0.15, -0.1) is 0 Å². The van der Waals surface area contributed by atoms with Gasteiger partial charge >= 0.3 is 5.97 Å². The number of likely N-dealkylation sites (tertiary alicyclic amines) is 1. The van der Waals surface area contributed by atoms with E-state index in [0.29, 0.717) is 18.0 Å². The van der Waals surface area contributed by atoms with Gasteiger partial charge in [-0.1, -0.05) is 11.6 Å². The van der Waals surface area contributed by atoms with E-state index < -0.39 is 11.9 Å². The van der Waals surface area contributed by atoms with Crippen LogP contribution >= 0.6 is 11.6 Å². The van der Waals surface area contributed by atoms with Gasteiger partial charge in [0.1, 0.15) is 5.75 Å². The van der Waals surface area contributed by atoms with Crippen LogP contribution in [0.4, 0.5) is 0 Å². The van der Waals surface area contributed by atoms with Crippen LogP contribution < -0.4 is 0 Å². The highest BCUT2D eigenvalue weighted by Gasteiger charge is 2.38. The molecule has 1 amide bonds. The van der Waals surface area contributed by atoms with Gasteiger partial charge in [0.05, 0.1) is 11.5 Å². The second-order valence-electron chi connectivity index (χ2n) is 4.63. The molecule has 0 radical (unpaired) electrons. The summed E-state index contributed by atoms with van der Waals surface area (Å²) >= 11 is 5.71. The Hall–Kier alpha value is -1.75. The minimum atomic E-state index is -0.900. The Kier molecular flexibility index (Phi) is 3.66. The smallest absolute Gasteiger partial charge is 0.308 e. The highest BCUT2D eigenvalue weighted by atomic mass is 35.5. The second kappa shape index (κ2) is 5.09. The van der Waals surface area contributed by atoms with E-state index in [2.05, 4.69) is 0 Å². The van der Waals surface area contributed by atoms with E-state index >= 15 is 0 Å². The number of carboxylic acid groups (broad SMARTS) is 1. The average molecular weight is 284 g/mol. The molecule has 1 aliphatic heterocycles. The largest absolute Gasteiger partial charge is 0.507 e. The van der Waals surface area contributed by atoms with Crippen LogP contribution in [-0.2, 0) is 4.79 Å². The Morgan fingerprint density at radius 2 is 2.11 bits per heavy atom. The summed E-state index contributed by atoms with van der Waals surface area (Å²) in [7, 11) is 0. The van der Waals surface area contributed by atoms with E-state index in [1.54, 1.807) is 6.92 Å². The molecule has 5 nitrogen and oxygen atoms in total. The third-order valence-electron chi connectivity index (χ3n) is 3.52. The third kappa shape index (κ3) is 2.51. The first kappa shape index (κ1) is 13.7. The fourth-order valence-corrected chi connectivity index (χ4v) is 2.56. The summed E-state index contributed by atoms with van der Waals surface area (Å²) in [6, 6.07) is 3.87. The van der Waals surface area contributed by atoms with E-state index in [4.69, 9.17) is 16.7 Å². The lowest BCUT2D eigenvalue weighted by atomic mass is 10.0. The molecule has 1 aromatic rings. The van der Waals surface area contributed by atoms with Crippen molar-refractivity contribution in [1.29, 1.82) is 0 Å². The average Bonchev–Trinajstić information content (AvgIpc) is 2.70. The predicted molar refractivity (Wildman–Crippen MR) is 69.4 cm³/mol. The van der Waals surface area contributed by atoms with Crippen LogP contribution in [0.5, 0.6) is 5.75 Å². The first-order valence-corrected chi connectivity index (χ1v) is 6.32. The number of benzene rings is 1. The fraction of sp³-hybridized carbons (Fsp3) is 0.385.